The molecule has 1 saturated heterocycles. The Labute approximate surface area is 145 Å². The second kappa shape index (κ2) is 7.54. The van der Waals surface area contributed by atoms with E-state index in [9.17, 15) is 32.3 Å². The highest BCUT2D eigenvalue weighted by molar-refractivity contribution is 6.19. The number of hydrogen-bond acceptors (Lipinski definition) is 4. The van der Waals surface area contributed by atoms with E-state index >= 15 is 0 Å². The molecule has 0 spiro atoms. The number of hydrogen-bond donors (Lipinski definition) is 2. The molecule has 1 unspecified atom stereocenters. The molecule has 1 aromatic carbocycles. The standard InChI is InChI=1S/C16H15F3N2O5/c17-16(18,19)10-3-1-9(2-4-10)8-21-6-5-11(22)13(15(21)26)14(25)20-7-12(23)24/h1-4,13H,5-8H2,(H,20,25)(H,23,24). The Balaban J connectivity index is 2.08. The van der Waals surface area contributed by atoms with Crippen molar-refractivity contribution in [1.82, 2.24) is 10.2 Å². The minimum atomic E-state index is -4.47. The molecule has 2 N–H and O–H groups in total. The van der Waals surface area contributed by atoms with Crippen LogP contribution in [0.2, 0.25) is 0 Å². The molecule has 1 aliphatic rings. The summed E-state index contributed by atoms with van der Waals surface area (Å²) in [5.41, 5.74) is -0.419. The summed E-state index contributed by atoms with van der Waals surface area (Å²) >= 11 is 0. The molecule has 0 bridgehead atoms. The highest BCUT2D eigenvalue weighted by Crippen LogP contribution is 2.29. The van der Waals surface area contributed by atoms with Gasteiger partial charge < -0.3 is 15.3 Å². The molecule has 26 heavy (non-hydrogen) atoms. The maximum Gasteiger partial charge on any atom is 0.416 e. The molecule has 1 fully saturated rings. The van der Waals surface area contributed by atoms with Crippen molar-refractivity contribution in [3.63, 3.8) is 0 Å². The molecule has 1 atom stereocenters. The number of aliphatic carboxylic acids is 1. The number of piperidine rings is 1. The lowest BCUT2D eigenvalue weighted by atomic mass is 9.94. The first-order valence-corrected chi connectivity index (χ1v) is 7.56. The summed E-state index contributed by atoms with van der Waals surface area (Å²) in [6.45, 7) is -0.761. The quantitative estimate of drug-likeness (QED) is 0.745. The molecule has 1 aliphatic heterocycles. The summed E-state index contributed by atoms with van der Waals surface area (Å²) in [4.78, 5) is 47.8. The summed E-state index contributed by atoms with van der Waals surface area (Å²) in [5, 5.41) is 10.5. The number of ketones is 1. The molecule has 1 aromatic rings. The van der Waals surface area contributed by atoms with E-state index in [1.807, 2.05) is 5.32 Å². The normalized spacial score (nSPS) is 18.0. The van der Waals surface area contributed by atoms with E-state index in [1.165, 1.54) is 17.0 Å². The van der Waals surface area contributed by atoms with Crippen LogP contribution in [-0.2, 0) is 31.9 Å². The van der Waals surface area contributed by atoms with Gasteiger partial charge in [-0.05, 0) is 17.7 Å². The zero-order chi connectivity index (χ0) is 19.5. The first-order chi connectivity index (χ1) is 12.1. The predicted molar refractivity (Wildman–Crippen MR) is 80.6 cm³/mol. The van der Waals surface area contributed by atoms with Crippen molar-refractivity contribution >= 4 is 23.6 Å². The number of likely N-dealkylation sites (tertiary alicyclic amines) is 1. The third-order valence-electron chi connectivity index (χ3n) is 3.84. The lowest BCUT2D eigenvalue weighted by molar-refractivity contribution is -0.152. The van der Waals surface area contributed by atoms with Gasteiger partial charge in [0.2, 0.25) is 11.8 Å². The Bertz CT molecular complexity index is 730. The number of Topliss-reactive ketones (excluding diaryl/α,β-unsaturated/α-hetero) is 1. The number of benzene rings is 1. The monoisotopic (exact) mass is 372 g/mol. The first-order valence-electron chi connectivity index (χ1n) is 7.56. The van der Waals surface area contributed by atoms with Gasteiger partial charge >= 0.3 is 12.1 Å². The SMILES string of the molecule is O=C(O)CNC(=O)C1C(=O)CCN(Cc2ccc(C(F)(F)F)cc2)C1=O. The van der Waals surface area contributed by atoms with E-state index in [2.05, 4.69) is 0 Å². The molecule has 140 valence electrons. The lowest BCUT2D eigenvalue weighted by Crippen LogP contribution is -2.52. The average Bonchev–Trinajstić information content (AvgIpc) is 2.55. The highest BCUT2D eigenvalue weighted by Gasteiger charge is 2.40. The van der Waals surface area contributed by atoms with E-state index in [1.54, 1.807) is 0 Å². The zero-order valence-corrected chi connectivity index (χ0v) is 13.4. The molecule has 0 radical (unpaired) electrons. The summed E-state index contributed by atoms with van der Waals surface area (Å²) < 4.78 is 37.7. The number of halogens is 3. The number of carbonyl (C=O) groups excluding carboxylic acids is 3. The number of rotatable bonds is 5. The minimum absolute atomic E-state index is 0.0292. The molecule has 0 aromatic heterocycles. The molecule has 7 nitrogen and oxygen atoms in total. The first kappa shape index (κ1) is 19.4. The van der Waals surface area contributed by atoms with Gasteiger partial charge in [0, 0.05) is 19.5 Å². The number of nitrogens with zero attached hydrogens (tertiary/aromatic N) is 1. The molecule has 10 heteroatoms. The number of carboxylic acids is 1. The van der Waals surface area contributed by atoms with Gasteiger partial charge in [-0.25, -0.2) is 0 Å². The number of nitrogens with one attached hydrogen (secondary N) is 1. The van der Waals surface area contributed by atoms with Crippen molar-refractivity contribution in [2.24, 2.45) is 5.92 Å². The van der Waals surface area contributed by atoms with Gasteiger partial charge in [0.05, 0.1) is 5.56 Å². The van der Waals surface area contributed by atoms with E-state index in [-0.39, 0.29) is 19.5 Å². The predicted octanol–water partition coefficient (Wildman–Crippen LogP) is 0.824. The second-order valence-electron chi connectivity index (χ2n) is 5.72. The van der Waals surface area contributed by atoms with Crippen LogP contribution in [0.5, 0.6) is 0 Å². The Morgan fingerprint density at radius 3 is 2.35 bits per heavy atom. The third-order valence-corrected chi connectivity index (χ3v) is 3.84. The topological polar surface area (TPSA) is 104 Å². The van der Waals surface area contributed by atoms with Crippen molar-refractivity contribution in [1.29, 1.82) is 0 Å². The maximum absolute atomic E-state index is 12.6. The minimum Gasteiger partial charge on any atom is -0.480 e. The van der Waals surface area contributed by atoms with Gasteiger partial charge in [0.25, 0.3) is 0 Å². The van der Waals surface area contributed by atoms with Crippen molar-refractivity contribution in [2.45, 2.75) is 19.1 Å². The average molecular weight is 372 g/mol. The molecule has 1 heterocycles. The van der Waals surface area contributed by atoms with Crippen LogP contribution in [0, 0.1) is 5.92 Å². The Kier molecular flexibility index (Phi) is 5.63. The molecule has 0 saturated carbocycles. The van der Waals surface area contributed by atoms with E-state index in [0.717, 1.165) is 12.1 Å². The molecule has 2 rings (SSSR count). The van der Waals surface area contributed by atoms with Crippen LogP contribution in [0.15, 0.2) is 24.3 Å². The number of alkyl halides is 3. The Morgan fingerprint density at radius 2 is 1.81 bits per heavy atom. The summed E-state index contributed by atoms with van der Waals surface area (Å²) in [6.07, 6.45) is -4.57. The van der Waals surface area contributed by atoms with Crippen molar-refractivity contribution in [3.8, 4) is 0 Å². The van der Waals surface area contributed by atoms with Crippen LogP contribution in [-0.4, -0.2) is 46.7 Å². The van der Waals surface area contributed by atoms with Crippen LogP contribution in [0.4, 0.5) is 13.2 Å². The van der Waals surface area contributed by atoms with Gasteiger partial charge in [-0.3, -0.25) is 19.2 Å². The smallest absolute Gasteiger partial charge is 0.416 e. The van der Waals surface area contributed by atoms with Crippen molar-refractivity contribution < 1.29 is 37.5 Å². The van der Waals surface area contributed by atoms with Gasteiger partial charge in [0.15, 0.2) is 11.7 Å². The van der Waals surface area contributed by atoms with Crippen molar-refractivity contribution in [2.75, 3.05) is 13.1 Å². The molecule has 2 amide bonds. The molecular weight excluding hydrogens is 357 g/mol. The largest absolute Gasteiger partial charge is 0.480 e. The number of carboxylic acid groups (broad SMARTS) is 1. The Hall–Kier alpha value is -2.91. The summed E-state index contributed by atoms with van der Waals surface area (Å²) in [6, 6.07) is 4.19. The van der Waals surface area contributed by atoms with Crippen molar-refractivity contribution in [3.05, 3.63) is 35.4 Å². The summed E-state index contributed by atoms with van der Waals surface area (Å²) in [7, 11) is 0. The number of carbonyl (C=O) groups is 4. The van der Waals surface area contributed by atoms with Crippen LogP contribution < -0.4 is 5.32 Å². The summed E-state index contributed by atoms with van der Waals surface area (Å²) in [5.74, 6) is -5.39. The van der Waals surface area contributed by atoms with E-state index in [0.29, 0.717) is 5.56 Å². The van der Waals surface area contributed by atoms with E-state index < -0.39 is 47.8 Å². The fraction of sp³-hybridized carbons (Fsp3) is 0.375. The fourth-order valence-corrected chi connectivity index (χ4v) is 2.52. The Morgan fingerprint density at radius 1 is 1.19 bits per heavy atom. The van der Waals surface area contributed by atoms with E-state index in [4.69, 9.17) is 5.11 Å². The van der Waals surface area contributed by atoms with Crippen LogP contribution in [0.3, 0.4) is 0 Å². The van der Waals surface area contributed by atoms with Crippen LogP contribution >= 0.6 is 0 Å². The van der Waals surface area contributed by atoms with Gasteiger partial charge in [-0.2, -0.15) is 13.2 Å². The lowest BCUT2D eigenvalue weighted by Gasteiger charge is -2.30. The maximum atomic E-state index is 12.6. The molecular formula is C16H15F3N2O5. The molecule has 0 aliphatic carbocycles. The number of amides is 2. The van der Waals surface area contributed by atoms with Crippen LogP contribution in [0.1, 0.15) is 17.5 Å². The fourth-order valence-electron chi connectivity index (χ4n) is 2.52. The van der Waals surface area contributed by atoms with Gasteiger partial charge in [0.1, 0.15) is 6.54 Å². The second-order valence-corrected chi connectivity index (χ2v) is 5.72. The highest BCUT2D eigenvalue weighted by atomic mass is 19.4. The van der Waals surface area contributed by atoms with Crippen LogP contribution in [0.25, 0.3) is 0 Å². The van der Waals surface area contributed by atoms with Gasteiger partial charge in [-0.15, -0.1) is 0 Å². The van der Waals surface area contributed by atoms with Gasteiger partial charge in [-0.1, -0.05) is 12.1 Å². The zero-order valence-electron chi connectivity index (χ0n) is 13.4. The third kappa shape index (κ3) is 4.58.